The molecule has 2 fully saturated rings. The van der Waals surface area contributed by atoms with Crippen LogP contribution in [0.15, 0.2) is 24.3 Å². The Morgan fingerprint density at radius 1 is 1.06 bits per heavy atom. The first-order valence-electron chi connectivity index (χ1n) is 7.56. The topological polar surface area (TPSA) is 20.2 Å². The van der Waals surface area contributed by atoms with Crippen LogP contribution in [-0.2, 0) is 6.42 Å². The summed E-state index contributed by atoms with van der Waals surface area (Å²) >= 11 is 0. The second-order valence-corrected chi connectivity index (χ2v) is 6.19. The monoisotopic (exact) mass is 244 g/mol. The molecule has 2 saturated carbocycles. The van der Waals surface area contributed by atoms with Crippen LogP contribution in [0.25, 0.3) is 0 Å². The molecule has 1 heteroatoms. The molecule has 0 heterocycles. The first kappa shape index (κ1) is 12.2. The van der Waals surface area contributed by atoms with Gasteiger partial charge in [0.15, 0.2) is 0 Å². The van der Waals surface area contributed by atoms with E-state index in [1.807, 2.05) is 0 Å². The maximum absolute atomic E-state index is 10.6. The molecule has 0 amide bonds. The number of hydrogen-bond acceptors (Lipinski definition) is 1. The van der Waals surface area contributed by atoms with E-state index >= 15 is 0 Å². The molecule has 18 heavy (non-hydrogen) atoms. The van der Waals surface area contributed by atoms with E-state index in [0.29, 0.717) is 5.92 Å². The average Bonchev–Trinajstić information content (AvgIpc) is 3.25. The van der Waals surface area contributed by atoms with Crippen molar-refractivity contribution in [3.63, 3.8) is 0 Å². The van der Waals surface area contributed by atoms with E-state index in [4.69, 9.17) is 0 Å². The summed E-state index contributed by atoms with van der Waals surface area (Å²) in [6.45, 7) is 2.21. The van der Waals surface area contributed by atoms with Crippen molar-refractivity contribution in [2.75, 3.05) is 0 Å². The second-order valence-electron chi connectivity index (χ2n) is 6.19. The van der Waals surface area contributed by atoms with Crippen LogP contribution in [-0.4, -0.2) is 5.11 Å². The van der Waals surface area contributed by atoms with Gasteiger partial charge in [0.2, 0.25) is 0 Å². The van der Waals surface area contributed by atoms with Gasteiger partial charge in [-0.3, -0.25) is 0 Å². The SMILES string of the molecule is CCCc1ccc(C(O)C(C2CC2)C2CC2)cc1. The molecule has 2 aliphatic carbocycles. The molecule has 1 N–H and O–H groups in total. The molecule has 1 unspecified atom stereocenters. The first-order valence-corrected chi connectivity index (χ1v) is 7.56. The zero-order chi connectivity index (χ0) is 12.5. The van der Waals surface area contributed by atoms with E-state index < -0.39 is 0 Å². The lowest BCUT2D eigenvalue weighted by Crippen LogP contribution is -2.17. The normalized spacial score (nSPS) is 21.3. The van der Waals surface area contributed by atoms with Crippen molar-refractivity contribution in [1.82, 2.24) is 0 Å². The molecule has 0 saturated heterocycles. The molecule has 0 aromatic heterocycles. The summed E-state index contributed by atoms with van der Waals surface area (Å²) in [5.74, 6) is 2.16. The molecule has 0 aliphatic heterocycles. The van der Waals surface area contributed by atoms with Crippen molar-refractivity contribution in [2.45, 2.75) is 51.6 Å². The van der Waals surface area contributed by atoms with Crippen LogP contribution >= 0.6 is 0 Å². The number of rotatable bonds is 6. The summed E-state index contributed by atoms with van der Waals surface area (Å²) in [5.41, 5.74) is 2.53. The molecule has 1 nitrogen and oxygen atoms in total. The third kappa shape index (κ3) is 2.61. The molecule has 1 atom stereocenters. The van der Waals surface area contributed by atoms with Crippen LogP contribution in [0.1, 0.15) is 56.3 Å². The van der Waals surface area contributed by atoms with Gasteiger partial charge in [0.25, 0.3) is 0 Å². The molecule has 3 rings (SSSR count). The minimum Gasteiger partial charge on any atom is -0.388 e. The summed E-state index contributed by atoms with van der Waals surface area (Å²) in [5, 5.41) is 10.6. The quantitative estimate of drug-likeness (QED) is 0.798. The highest BCUT2D eigenvalue weighted by molar-refractivity contribution is 5.25. The van der Waals surface area contributed by atoms with Crippen LogP contribution in [0.4, 0.5) is 0 Å². The van der Waals surface area contributed by atoms with E-state index in [0.717, 1.165) is 23.8 Å². The largest absolute Gasteiger partial charge is 0.388 e. The van der Waals surface area contributed by atoms with Crippen LogP contribution in [0.2, 0.25) is 0 Å². The summed E-state index contributed by atoms with van der Waals surface area (Å²) in [6.07, 6.45) is 7.47. The van der Waals surface area contributed by atoms with Gasteiger partial charge in [-0.1, -0.05) is 37.6 Å². The van der Waals surface area contributed by atoms with Crippen molar-refractivity contribution in [3.05, 3.63) is 35.4 Å². The van der Waals surface area contributed by atoms with Gasteiger partial charge >= 0.3 is 0 Å². The zero-order valence-corrected chi connectivity index (χ0v) is 11.3. The molecule has 0 bridgehead atoms. The van der Waals surface area contributed by atoms with E-state index in [1.54, 1.807) is 0 Å². The predicted molar refractivity (Wildman–Crippen MR) is 74.3 cm³/mol. The highest BCUT2D eigenvalue weighted by Gasteiger charge is 2.45. The van der Waals surface area contributed by atoms with Gasteiger partial charge in [0.05, 0.1) is 6.10 Å². The van der Waals surface area contributed by atoms with Crippen LogP contribution in [0.5, 0.6) is 0 Å². The molecule has 1 aromatic carbocycles. The van der Waals surface area contributed by atoms with Crippen molar-refractivity contribution in [3.8, 4) is 0 Å². The van der Waals surface area contributed by atoms with E-state index in [2.05, 4.69) is 31.2 Å². The van der Waals surface area contributed by atoms with Gasteiger partial charge in [-0.2, -0.15) is 0 Å². The molecule has 1 aromatic rings. The summed E-state index contributed by atoms with van der Waals surface area (Å²) < 4.78 is 0. The van der Waals surface area contributed by atoms with Gasteiger partial charge in [0.1, 0.15) is 0 Å². The molecular formula is C17H24O. The standard InChI is InChI=1S/C17H24O/c1-2-3-12-4-6-15(7-5-12)17(18)16(13-8-9-13)14-10-11-14/h4-7,13-14,16-18H,2-3,8-11H2,1H3. The van der Waals surface area contributed by atoms with Crippen molar-refractivity contribution >= 4 is 0 Å². The van der Waals surface area contributed by atoms with E-state index in [-0.39, 0.29) is 6.10 Å². The molecular weight excluding hydrogens is 220 g/mol. The Morgan fingerprint density at radius 2 is 1.61 bits per heavy atom. The Balaban J connectivity index is 1.71. The Labute approximate surface area is 110 Å². The fraction of sp³-hybridized carbons (Fsp3) is 0.647. The molecule has 98 valence electrons. The average molecular weight is 244 g/mol. The van der Waals surface area contributed by atoms with E-state index in [9.17, 15) is 5.11 Å². The number of hydrogen-bond donors (Lipinski definition) is 1. The highest BCUT2D eigenvalue weighted by atomic mass is 16.3. The Bertz CT molecular complexity index is 375. The summed E-state index contributed by atoms with van der Waals surface area (Å²) in [6, 6.07) is 8.68. The lowest BCUT2D eigenvalue weighted by molar-refractivity contribution is 0.0821. The Kier molecular flexibility index (Phi) is 3.43. The lowest BCUT2D eigenvalue weighted by atomic mass is 9.87. The van der Waals surface area contributed by atoms with Gasteiger partial charge < -0.3 is 5.11 Å². The molecule has 0 spiro atoms. The fourth-order valence-corrected chi connectivity index (χ4v) is 3.26. The highest BCUT2D eigenvalue weighted by Crippen LogP contribution is 2.54. The molecule has 0 radical (unpaired) electrons. The maximum Gasteiger partial charge on any atom is 0.0823 e. The third-order valence-electron chi connectivity index (χ3n) is 4.56. The van der Waals surface area contributed by atoms with Gasteiger partial charge in [-0.05, 0) is 61.0 Å². The zero-order valence-electron chi connectivity index (χ0n) is 11.3. The van der Waals surface area contributed by atoms with E-state index in [1.165, 1.54) is 37.7 Å². The number of aliphatic hydroxyl groups excluding tert-OH is 1. The number of aliphatic hydroxyl groups is 1. The van der Waals surface area contributed by atoms with Gasteiger partial charge in [-0.15, -0.1) is 0 Å². The summed E-state index contributed by atoms with van der Waals surface area (Å²) in [7, 11) is 0. The van der Waals surface area contributed by atoms with Crippen LogP contribution in [0, 0.1) is 17.8 Å². The lowest BCUT2D eigenvalue weighted by Gasteiger charge is -2.23. The van der Waals surface area contributed by atoms with Crippen molar-refractivity contribution in [1.29, 1.82) is 0 Å². The van der Waals surface area contributed by atoms with Crippen LogP contribution < -0.4 is 0 Å². The smallest absolute Gasteiger partial charge is 0.0823 e. The third-order valence-corrected chi connectivity index (χ3v) is 4.56. The van der Waals surface area contributed by atoms with Gasteiger partial charge in [0, 0.05) is 0 Å². The minimum atomic E-state index is -0.222. The fourth-order valence-electron chi connectivity index (χ4n) is 3.26. The first-order chi connectivity index (χ1) is 8.79. The maximum atomic E-state index is 10.6. The van der Waals surface area contributed by atoms with Crippen molar-refractivity contribution in [2.24, 2.45) is 17.8 Å². The van der Waals surface area contributed by atoms with Crippen LogP contribution in [0.3, 0.4) is 0 Å². The Hall–Kier alpha value is -0.820. The summed E-state index contributed by atoms with van der Waals surface area (Å²) in [4.78, 5) is 0. The minimum absolute atomic E-state index is 0.222. The second kappa shape index (κ2) is 5.05. The Morgan fingerprint density at radius 3 is 2.06 bits per heavy atom. The number of aryl methyl sites for hydroxylation is 1. The number of benzene rings is 1. The van der Waals surface area contributed by atoms with Crippen molar-refractivity contribution < 1.29 is 5.11 Å². The predicted octanol–water partition coefficient (Wildman–Crippen LogP) is 4.11. The molecule has 2 aliphatic rings. The van der Waals surface area contributed by atoms with Gasteiger partial charge in [-0.25, -0.2) is 0 Å².